The number of carbonyl (C=O) groups excluding carboxylic acids is 2. The van der Waals surface area contributed by atoms with E-state index in [-0.39, 0.29) is 18.3 Å². The van der Waals surface area contributed by atoms with Gasteiger partial charge in [0.25, 0.3) is 0 Å². The molecule has 0 aliphatic heterocycles. The molecule has 0 saturated heterocycles. The summed E-state index contributed by atoms with van der Waals surface area (Å²) in [5, 5.41) is 2.70. The van der Waals surface area contributed by atoms with Crippen molar-refractivity contribution in [2.24, 2.45) is 17.4 Å². The van der Waals surface area contributed by atoms with E-state index in [1.54, 1.807) is 25.1 Å². The van der Waals surface area contributed by atoms with Crippen LogP contribution in [0.2, 0.25) is 0 Å². The summed E-state index contributed by atoms with van der Waals surface area (Å²) in [5.41, 5.74) is 12.8. The zero-order chi connectivity index (χ0) is 14.6. The van der Waals surface area contributed by atoms with Gasteiger partial charge < -0.3 is 16.8 Å². The second-order valence-electron chi connectivity index (χ2n) is 5.12. The van der Waals surface area contributed by atoms with Crippen molar-refractivity contribution >= 4 is 29.9 Å². The van der Waals surface area contributed by atoms with Crippen LogP contribution in [0.5, 0.6) is 0 Å². The van der Waals surface area contributed by atoms with Crippen LogP contribution in [0.1, 0.15) is 36.2 Å². The lowest BCUT2D eigenvalue weighted by molar-refractivity contribution is -0.117. The lowest BCUT2D eigenvalue weighted by Gasteiger charge is -2.14. The molecule has 112 valence electrons. The number of aryl methyl sites for hydroxylation is 1. The number of rotatable bonds is 5. The van der Waals surface area contributed by atoms with E-state index in [1.165, 1.54) is 0 Å². The van der Waals surface area contributed by atoms with Gasteiger partial charge in [-0.25, -0.2) is 0 Å². The number of amides is 2. The molecule has 6 heteroatoms. The van der Waals surface area contributed by atoms with Crippen molar-refractivity contribution in [2.75, 3.05) is 5.32 Å². The number of benzene rings is 1. The lowest BCUT2D eigenvalue weighted by atomic mass is 10.0. The summed E-state index contributed by atoms with van der Waals surface area (Å²) in [6, 6.07) is 4.47. The van der Waals surface area contributed by atoms with Gasteiger partial charge in [-0.3, -0.25) is 9.59 Å². The van der Waals surface area contributed by atoms with Crippen LogP contribution in [0.25, 0.3) is 0 Å². The maximum absolute atomic E-state index is 11.9. The quantitative estimate of drug-likeness (QED) is 0.773. The van der Waals surface area contributed by atoms with Gasteiger partial charge in [0, 0.05) is 11.3 Å². The molecule has 0 heterocycles. The van der Waals surface area contributed by atoms with E-state index in [4.69, 9.17) is 11.5 Å². The minimum Gasteiger partial charge on any atom is -0.366 e. The molecule has 1 rings (SSSR count). The number of nitrogens with two attached hydrogens (primary N) is 2. The van der Waals surface area contributed by atoms with Gasteiger partial charge in [0.15, 0.2) is 0 Å². The first-order valence-corrected chi connectivity index (χ1v) is 6.28. The van der Waals surface area contributed by atoms with Gasteiger partial charge in [-0.2, -0.15) is 0 Å². The molecule has 20 heavy (non-hydrogen) atoms. The average Bonchev–Trinajstić information content (AvgIpc) is 2.30. The van der Waals surface area contributed by atoms with Crippen LogP contribution < -0.4 is 16.8 Å². The molecule has 0 saturated carbocycles. The zero-order valence-electron chi connectivity index (χ0n) is 12.0. The van der Waals surface area contributed by atoms with Gasteiger partial charge in [-0.15, -0.1) is 12.4 Å². The number of anilines is 1. The normalized spacial score (nSPS) is 11.7. The average molecular weight is 300 g/mol. The molecule has 0 radical (unpaired) electrons. The molecule has 0 fully saturated rings. The largest absolute Gasteiger partial charge is 0.366 e. The molecular weight excluding hydrogens is 278 g/mol. The van der Waals surface area contributed by atoms with Crippen LogP contribution >= 0.6 is 12.4 Å². The van der Waals surface area contributed by atoms with Gasteiger partial charge in [0.05, 0.1) is 6.04 Å². The maximum atomic E-state index is 11.9. The minimum atomic E-state index is -0.557. The Bertz CT molecular complexity index is 489. The summed E-state index contributed by atoms with van der Waals surface area (Å²) in [7, 11) is 0. The molecule has 1 aromatic rings. The predicted octanol–water partition coefficient (Wildman–Crippen LogP) is 1.83. The Morgan fingerprint density at radius 3 is 2.40 bits per heavy atom. The smallest absolute Gasteiger partial charge is 0.249 e. The summed E-state index contributed by atoms with van der Waals surface area (Å²) in [5.74, 6) is -0.423. The Hall–Kier alpha value is -1.59. The van der Waals surface area contributed by atoms with Crippen molar-refractivity contribution in [3.63, 3.8) is 0 Å². The maximum Gasteiger partial charge on any atom is 0.249 e. The van der Waals surface area contributed by atoms with E-state index >= 15 is 0 Å². The third-order valence-electron chi connectivity index (χ3n) is 2.83. The highest BCUT2D eigenvalue weighted by Gasteiger charge is 2.15. The monoisotopic (exact) mass is 299 g/mol. The van der Waals surface area contributed by atoms with Crippen LogP contribution in [-0.4, -0.2) is 17.9 Å². The van der Waals surface area contributed by atoms with Crippen molar-refractivity contribution in [2.45, 2.75) is 33.2 Å². The van der Waals surface area contributed by atoms with Gasteiger partial charge in [-0.1, -0.05) is 19.9 Å². The zero-order valence-corrected chi connectivity index (χ0v) is 12.8. The molecule has 0 aromatic heterocycles. The molecule has 0 bridgehead atoms. The van der Waals surface area contributed by atoms with Crippen LogP contribution in [0.15, 0.2) is 18.2 Å². The molecule has 1 aromatic carbocycles. The highest BCUT2D eigenvalue weighted by molar-refractivity contribution is 5.98. The number of hydrogen-bond acceptors (Lipinski definition) is 3. The SMILES string of the molecule is Cc1ccc(NC(=O)[C@@H](N)CC(C)C)cc1C(N)=O.Cl. The fraction of sp³-hybridized carbons (Fsp3) is 0.429. The van der Waals surface area contributed by atoms with Crippen molar-refractivity contribution in [1.82, 2.24) is 0 Å². The van der Waals surface area contributed by atoms with Gasteiger partial charge in [0.1, 0.15) is 0 Å². The molecule has 0 aliphatic rings. The first-order valence-electron chi connectivity index (χ1n) is 6.28. The third-order valence-corrected chi connectivity index (χ3v) is 2.83. The van der Waals surface area contributed by atoms with Crippen LogP contribution in [0.4, 0.5) is 5.69 Å². The third kappa shape index (κ3) is 5.19. The van der Waals surface area contributed by atoms with Crippen molar-refractivity contribution in [3.05, 3.63) is 29.3 Å². The van der Waals surface area contributed by atoms with E-state index in [0.29, 0.717) is 23.6 Å². The lowest BCUT2D eigenvalue weighted by Crippen LogP contribution is -2.36. The standard InChI is InChI=1S/C14H21N3O2.ClH/c1-8(2)6-12(15)14(19)17-10-5-4-9(3)11(7-10)13(16)18;/h4-5,7-8,12H,6,15H2,1-3H3,(H2,16,18)(H,17,19);1H/t12-;/m0./s1. The van der Waals surface area contributed by atoms with E-state index in [0.717, 1.165) is 5.56 Å². The second-order valence-corrected chi connectivity index (χ2v) is 5.12. The van der Waals surface area contributed by atoms with Crippen LogP contribution in [0.3, 0.4) is 0 Å². The number of nitrogens with one attached hydrogen (secondary N) is 1. The Morgan fingerprint density at radius 2 is 1.90 bits per heavy atom. The Balaban J connectivity index is 0.00000361. The summed E-state index contributed by atoms with van der Waals surface area (Å²) >= 11 is 0. The van der Waals surface area contributed by atoms with E-state index in [2.05, 4.69) is 5.32 Å². The van der Waals surface area contributed by atoms with Crippen molar-refractivity contribution in [1.29, 1.82) is 0 Å². The second kappa shape index (κ2) is 7.87. The van der Waals surface area contributed by atoms with Crippen molar-refractivity contribution < 1.29 is 9.59 Å². The van der Waals surface area contributed by atoms with Gasteiger partial charge in [-0.05, 0) is 37.0 Å². The predicted molar refractivity (Wildman–Crippen MR) is 83.0 cm³/mol. The number of primary amides is 1. The Morgan fingerprint density at radius 1 is 1.30 bits per heavy atom. The molecule has 0 spiro atoms. The Kier molecular flexibility index (Phi) is 7.24. The molecule has 5 N–H and O–H groups in total. The fourth-order valence-corrected chi connectivity index (χ4v) is 1.82. The molecule has 0 aliphatic carbocycles. The molecule has 2 amide bonds. The molecular formula is C14H22ClN3O2. The highest BCUT2D eigenvalue weighted by Crippen LogP contribution is 2.15. The van der Waals surface area contributed by atoms with Crippen LogP contribution in [-0.2, 0) is 4.79 Å². The minimum absolute atomic E-state index is 0. The van der Waals surface area contributed by atoms with E-state index in [1.807, 2.05) is 13.8 Å². The fourth-order valence-electron chi connectivity index (χ4n) is 1.82. The molecule has 0 unspecified atom stereocenters. The van der Waals surface area contributed by atoms with Crippen LogP contribution in [0, 0.1) is 12.8 Å². The summed E-state index contributed by atoms with van der Waals surface area (Å²) in [4.78, 5) is 23.1. The first-order chi connectivity index (χ1) is 8.81. The number of hydrogen-bond donors (Lipinski definition) is 3. The van der Waals surface area contributed by atoms with Crippen molar-refractivity contribution in [3.8, 4) is 0 Å². The van der Waals surface area contributed by atoms with Gasteiger partial charge >= 0.3 is 0 Å². The van der Waals surface area contributed by atoms with E-state index in [9.17, 15) is 9.59 Å². The molecule has 5 nitrogen and oxygen atoms in total. The van der Waals surface area contributed by atoms with Gasteiger partial charge in [0.2, 0.25) is 11.8 Å². The first kappa shape index (κ1) is 18.4. The van der Waals surface area contributed by atoms with E-state index < -0.39 is 11.9 Å². The summed E-state index contributed by atoms with van der Waals surface area (Å²) in [6.07, 6.45) is 0.611. The molecule has 1 atom stereocenters. The summed E-state index contributed by atoms with van der Waals surface area (Å²) in [6.45, 7) is 5.80. The summed E-state index contributed by atoms with van der Waals surface area (Å²) < 4.78 is 0. The topological polar surface area (TPSA) is 98.2 Å². The Labute approximate surface area is 125 Å². The number of carbonyl (C=O) groups is 2. The number of halogens is 1. The highest BCUT2D eigenvalue weighted by atomic mass is 35.5.